The quantitative estimate of drug-likeness (QED) is 0.737. The molecule has 0 bridgehead atoms. The van der Waals surface area contributed by atoms with Crippen LogP contribution in [0.5, 0.6) is 0 Å². The van der Waals surface area contributed by atoms with Crippen molar-refractivity contribution >= 4 is 33.5 Å². The highest BCUT2D eigenvalue weighted by Gasteiger charge is 2.41. The zero-order chi connectivity index (χ0) is 14.8. The number of aliphatic carboxylic acids is 1. The van der Waals surface area contributed by atoms with Crippen LogP contribution >= 0.6 is 15.9 Å². The molecule has 0 radical (unpaired) electrons. The van der Waals surface area contributed by atoms with Gasteiger partial charge in [-0.05, 0) is 47.0 Å². The second-order valence-electron chi connectivity index (χ2n) is 5.14. The molecule has 1 fully saturated rings. The van der Waals surface area contributed by atoms with Crippen LogP contribution in [0.15, 0.2) is 22.7 Å². The van der Waals surface area contributed by atoms with Gasteiger partial charge < -0.3 is 16.2 Å². The number of nitrogens with two attached hydrogens (primary N) is 1. The number of benzene rings is 1. The van der Waals surface area contributed by atoms with Gasteiger partial charge in [-0.3, -0.25) is 4.79 Å². The monoisotopic (exact) mass is 340 g/mol. The number of amides is 1. The Bertz CT molecular complexity index is 539. The lowest BCUT2D eigenvalue weighted by Gasteiger charge is -2.34. The van der Waals surface area contributed by atoms with E-state index in [9.17, 15) is 14.7 Å². The second kappa shape index (κ2) is 5.83. The first-order chi connectivity index (χ1) is 9.44. The average Bonchev–Trinajstić information content (AvgIpc) is 2.42. The molecule has 0 saturated heterocycles. The summed E-state index contributed by atoms with van der Waals surface area (Å²) in [7, 11) is 0. The normalized spacial score (nSPS) is 17.4. The highest BCUT2D eigenvalue weighted by Crippen LogP contribution is 2.29. The lowest BCUT2D eigenvalue weighted by molar-refractivity contribution is -0.145. The fourth-order valence-electron chi connectivity index (χ4n) is 2.55. The van der Waals surface area contributed by atoms with Crippen LogP contribution in [0, 0.1) is 0 Å². The van der Waals surface area contributed by atoms with E-state index in [-0.39, 0.29) is 0 Å². The summed E-state index contributed by atoms with van der Waals surface area (Å²) in [5.41, 5.74) is 5.34. The molecule has 2 rings (SSSR count). The van der Waals surface area contributed by atoms with Crippen molar-refractivity contribution in [2.45, 2.75) is 37.6 Å². The zero-order valence-electron chi connectivity index (χ0n) is 11.0. The minimum absolute atomic E-state index is 0.358. The van der Waals surface area contributed by atoms with Crippen LogP contribution in [0.1, 0.15) is 42.5 Å². The molecule has 0 aromatic heterocycles. The van der Waals surface area contributed by atoms with Crippen LogP contribution < -0.4 is 11.1 Å². The molecule has 0 unspecified atom stereocenters. The predicted octanol–water partition coefficient (Wildman–Crippen LogP) is 2.55. The van der Waals surface area contributed by atoms with Crippen LogP contribution in [-0.4, -0.2) is 22.5 Å². The van der Waals surface area contributed by atoms with E-state index in [1.807, 2.05) is 0 Å². The van der Waals surface area contributed by atoms with Crippen LogP contribution in [0.3, 0.4) is 0 Å². The highest BCUT2D eigenvalue weighted by molar-refractivity contribution is 9.10. The van der Waals surface area contributed by atoms with E-state index < -0.39 is 17.4 Å². The molecule has 1 aromatic carbocycles. The number of anilines is 1. The molecular formula is C14H17BrN2O3. The molecule has 0 spiro atoms. The first-order valence-corrected chi connectivity index (χ1v) is 7.35. The Kier molecular flexibility index (Phi) is 4.32. The van der Waals surface area contributed by atoms with Crippen molar-refractivity contribution in [3.63, 3.8) is 0 Å². The molecule has 1 saturated carbocycles. The minimum atomic E-state index is -1.15. The minimum Gasteiger partial charge on any atom is -0.480 e. The van der Waals surface area contributed by atoms with Crippen molar-refractivity contribution in [2.24, 2.45) is 0 Å². The van der Waals surface area contributed by atoms with E-state index >= 15 is 0 Å². The van der Waals surface area contributed by atoms with Gasteiger partial charge in [0.25, 0.3) is 5.91 Å². The topological polar surface area (TPSA) is 92.4 Å². The van der Waals surface area contributed by atoms with Crippen molar-refractivity contribution in [3.8, 4) is 0 Å². The Hall–Kier alpha value is -1.56. The smallest absolute Gasteiger partial charge is 0.329 e. The van der Waals surface area contributed by atoms with E-state index in [1.165, 1.54) is 6.07 Å². The van der Waals surface area contributed by atoms with Gasteiger partial charge in [0.15, 0.2) is 0 Å². The Morgan fingerprint density at radius 1 is 1.25 bits per heavy atom. The van der Waals surface area contributed by atoms with Gasteiger partial charge >= 0.3 is 5.97 Å². The van der Waals surface area contributed by atoms with E-state index in [0.29, 0.717) is 28.6 Å². The predicted molar refractivity (Wildman–Crippen MR) is 79.5 cm³/mol. The number of hydrogen-bond acceptors (Lipinski definition) is 3. The second-order valence-corrected chi connectivity index (χ2v) is 6.00. The van der Waals surface area contributed by atoms with Crippen molar-refractivity contribution in [1.82, 2.24) is 5.32 Å². The first kappa shape index (κ1) is 14.8. The SMILES string of the molecule is Nc1ccc(Br)c(C(=O)NC2(C(=O)O)CCCCC2)c1. The molecule has 1 amide bonds. The molecule has 6 heteroatoms. The fourth-order valence-corrected chi connectivity index (χ4v) is 2.98. The largest absolute Gasteiger partial charge is 0.480 e. The molecule has 20 heavy (non-hydrogen) atoms. The van der Waals surface area contributed by atoms with Gasteiger partial charge in [0.05, 0.1) is 5.56 Å². The van der Waals surface area contributed by atoms with Gasteiger partial charge in [0.1, 0.15) is 5.54 Å². The molecule has 1 aliphatic carbocycles. The van der Waals surface area contributed by atoms with Crippen molar-refractivity contribution in [3.05, 3.63) is 28.2 Å². The summed E-state index contributed by atoms with van der Waals surface area (Å²) >= 11 is 3.29. The summed E-state index contributed by atoms with van der Waals surface area (Å²) in [5, 5.41) is 12.1. The number of carboxylic acids is 1. The number of carbonyl (C=O) groups excluding carboxylic acids is 1. The summed E-state index contributed by atoms with van der Waals surface area (Å²) in [5.74, 6) is -1.38. The first-order valence-electron chi connectivity index (χ1n) is 6.55. The summed E-state index contributed by atoms with van der Waals surface area (Å²) < 4.78 is 0.598. The lowest BCUT2D eigenvalue weighted by atomic mass is 9.81. The van der Waals surface area contributed by atoms with Gasteiger partial charge in [0.2, 0.25) is 0 Å². The Morgan fingerprint density at radius 2 is 1.90 bits per heavy atom. The van der Waals surface area contributed by atoms with E-state index in [0.717, 1.165) is 19.3 Å². The van der Waals surface area contributed by atoms with Crippen molar-refractivity contribution in [2.75, 3.05) is 5.73 Å². The number of rotatable bonds is 3. The van der Waals surface area contributed by atoms with Gasteiger partial charge in [-0.1, -0.05) is 19.3 Å². The zero-order valence-corrected chi connectivity index (χ0v) is 12.6. The van der Waals surface area contributed by atoms with Gasteiger partial charge in [-0.25, -0.2) is 4.79 Å². The van der Waals surface area contributed by atoms with Crippen molar-refractivity contribution in [1.29, 1.82) is 0 Å². The summed E-state index contributed by atoms with van der Waals surface area (Å²) in [4.78, 5) is 23.9. The summed E-state index contributed by atoms with van der Waals surface area (Å²) in [6.07, 6.45) is 3.56. The van der Waals surface area contributed by atoms with E-state index in [1.54, 1.807) is 12.1 Å². The van der Waals surface area contributed by atoms with E-state index in [4.69, 9.17) is 5.73 Å². The maximum atomic E-state index is 12.3. The molecule has 0 atom stereocenters. The van der Waals surface area contributed by atoms with Crippen LogP contribution in [0.2, 0.25) is 0 Å². The highest BCUT2D eigenvalue weighted by atomic mass is 79.9. The fraction of sp³-hybridized carbons (Fsp3) is 0.429. The van der Waals surface area contributed by atoms with Gasteiger partial charge in [0, 0.05) is 10.2 Å². The number of carbonyl (C=O) groups is 2. The van der Waals surface area contributed by atoms with Crippen molar-refractivity contribution < 1.29 is 14.7 Å². The standard InChI is InChI=1S/C14H17BrN2O3/c15-11-5-4-9(16)8-10(11)12(18)17-14(13(19)20)6-2-1-3-7-14/h4-5,8H,1-3,6-7,16H2,(H,17,18)(H,19,20). The lowest BCUT2D eigenvalue weighted by Crippen LogP contribution is -2.55. The van der Waals surface area contributed by atoms with Gasteiger partial charge in [-0.15, -0.1) is 0 Å². The van der Waals surface area contributed by atoms with Crippen LogP contribution in [-0.2, 0) is 4.79 Å². The summed E-state index contributed by atoms with van der Waals surface area (Å²) in [6, 6.07) is 4.89. The molecule has 5 nitrogen and oxygen atoms in total. The Labute approximate surface area is 125 Å². The Morgan fingerprint density at radius 3 is 2.50 bits per heavy atom. The molecule has 0 heterocycles. The Balaban J connectivity index is 2.24. The third-order valence-electron chi connectivity index (χ3n) is 3.70. The number of halogens is 1. The molecular weight excluding hydrogens is 324 g/mol. The van der Waals surface area contributed by atoms with E-state index in [2.05, 4.69) is 21.2 Å². The van der Waals surface area contributed by atoms with Crippen LogP contribution in [0.4, 0.5) is 5.69 Å². The number of carboxylic acid groups (broad SMARTS) is 1. The van der Waals surface area contributed by atoms with Gasteiger partial charge in [-0.2, -0.15) is 0 Å². The molecule has 1 aliphatic rings. The average molecular weight is 341 g/mol. The maximum Gasteiger partial charge on any atom is 0.329 e. The third kappa shape index (κ3) is 2.95. The van der Waals surface area contributed by atoms with Crippen LogP contribution in [0.25, 0.3) is 0 Å². The number of hydrogen-bond donors (Lipinski definition) is 3. The molecule has 108 valence electrons. The summed E-state index contributed by atoms with van der Waals surface area (Å²) in [6.45, 7) is 0. The molecule has 4 N–H and O–H groups in total. The molecule has 1 aromatic rings. The maximum absolute atomic E-state index is 12.3. The molecule has 0 aliphatic heterocycles. The number of nitrogens with one attached hydrogen (secondary N) is 1. The number of nitrogen functional groups attached to an aromatic ring is 1. The third-order valence-corrected chi connectivity index (χ3v) is 4.40.